The van der Waals surface area contributed by atoms with Crippen LogP contribution in [0.15, 0.2) is 48.5 Å². The van der Waals surface area contributed by atoms with Crippen LogP contribution >= 0.6 is 0 Å². The molecule has 0 fully saturated rings. The predicted octanol–water partition coefficient (Wildman–Crippen LogP) is 3.51. The molecule has 130 valence electrons. The molecule has 0 bridgehead atoms. The van der Waals surface area contributed by atoms with E-state index in [-0.39, 0.29) is 12.1 Å². The maximum Gasteiger partial charge on any atom is 0.411 e. The summed E-state index contributed by atoms with van der Waals surface area (Å²) in [4.78, 5) is 23.4. The molecule has 2 aromatic carbocycles. The van der Waals surface area contributed by atoms with Gasteiger partial charge in [0.1, 0.15) is 5.75 Å². The zero-order chi connectivity index (χ0) is 17.6. The van der Waals surface area contributed by atoms with Crippen molar-refractivity contribution in [3.05, 3.63) is 54.1 Å². The van der Waals surface area contributed by atoms with Crippen molar-refractivity contribution in [2.24, 2.45) is 0 Å². The van der Waals surface area contributed by atoms with E-state index in [0.717, 1.165) is 11.3 Å². The number of anilines is 2. The first kappa shape index (κ1) is 16.6. The Labute approximate surface area is 145 Å². The third-order valence-corrected chi connectivity index (χ3v) is 3.84. The molecule has 3 amide bonds. The second-order valence-electron chi connectivity index (χ2n) is 5.52. The van der Waals surface area contributed by atoms with E-state index in [2.05, 4.69) is 20.7 Å². The van der Waals surface area contributed by atoms with E-state index < -0.39 is 6.09 Å². The summed E-state index contributed by atoms with van der Waals surface area (Å²) in [5.41, 5.74) is 2.17. The minimum Gasteiger partial charge on any atom is -0.493 e. The number of ether oxygens (including phenoxy) is 2. The molecule has 7 heteroatoms. The van der Waals surface area contributed by atoms with Crippen LogP contribution in [0.1, 0.15) is 18.0 Å². The van der Waals surface area contributed by atoms with Gasteiger partial charge in [0, 0.05) is 23.4 Å². The zero-order valence-electron chi connectivity index (χ0n) is 13.7. The summed E-state index contributed by atoms with van der Waals surface area (Å²) in [6.45, 7) is 0.565. The lowest BCUT2D eigenvalue weighted by molar-refractivity contribution is 0.187. The van der Waals surface area contributed by atoms with Crippen molar-refractivity contribution in [2.45, 2.75) is 12.5 Å². The largest absolute Gasteiger partial charge is 0.493 e. The molecule has 0 saturated carbocycles. The highest BCUT2D eigenvalue weighted by Gasteiger charge is 2.22. The Kier molecular flexibility index (Phi) is 5.03. The minimum atomic E-state index is -0.545. The molecule has 25 heavy (non-hydrogen) atoms. The fourth-order valence-corrected chi connectivity index (χ4v) is 2.62. The number of carbonyl (C=O) groups is 2. The van der Waals surface area contributed by atoms with Crippen molar-refractivity contribution < 1.29 is 19.1 Å². The van der Waals surface area contributed by atoms with Crippen LogP contribution in [-0.2, 0) is 4.74 Å². The molecule has 0 spiro atoms. The van der Waals surface area contributed by atoms with Gasteiger partial charge in [-0.25, -0.2) is 9.59 Å². The van der Waals surface area contributed by atoms with Gasteiger partial charge in [0.2, 0.25) is 0 Å². The third kappa shape index (κ3) is 4.20. The number of urea groups is 1. The van der Waals surface area contributed by atoms with Crippen molar-refractivity contribution >= 4 is 23.5 Å². The lowest BCUT2D eigenvalue weighted by Gasteiger charge is -2.26. The van der Waals surface area contributed by atoms with E-state index in [4.69, 9.17) is 4.74 Å². The summed E-state index contributed by atoms with van der Waals surface area (Å²) < 4.78 is 10.1. The summed E-state index contributed by atoms with van der Waals surface area (Å²) in [5.74, 6) is 0.803. The zero-order valence-corrected chi connectivity index (χ0v) is 13.7. The van der Waals surface area contributed by atoms with Gasteiger partial charge in [-0.1, -0.05) is 18.2 Å². The van der Waals surface area contributed by atoms with Crippen molar-refractivity contribution in [1.82, 2.24) is 5.32 Å². The van der Waals surface area contributed by atoms with Crippen LogP contribution < -0.4 is 20.7 Å². The standard InChI is InChI=1S/C18H19N3O4/c1-24-18(23)20-13-8-6-12(7-9-13)19-17(22)21-15-10-11-25-16-5-3-2-4-14(15)16/h2-9,15H,10-11H2,1H3,(H,20,23)(H2,19,21,22)/t15-/m1/s1. The maximum atomic E-state index is 12.2. The number of hydrogen-bond donors (Lipinski definition) is 3. The fourth-order valence-electron chi connectivity index (χ4n) is 2.62. The summed E-state index contributed by atoms with van der Waals surface area (Å²) in [6.07, 6.45) is 0.170. The maximum absolute atomic E-state index is 12.2. The van der Waals surface area contributed by atoms with Gasteiger partial charge in [0.05, 0.1) is 19.8 Å². The quantitative estimate of drug-likeness (QED) is 0.797. The molecule has 7 nitrogen and oxygen atoms in total. The van der Waals surface area contributed by atoms with E-state index in [0.29, 0.717) is 24.4 Å². The number of hydrogen-bond acceptors (Lipinski definition) is 4. The van der Waals surface area contributed by atoms with Crippen LogP contribution in [0.5, 0.6) is 5.75 Å². The smallest absolute Gasteiger partial charge is 0.411 e. The van der Waals surface area contributed by atoms with Crippen LogP contribution in [0.2, 0.25) is 0 Å². The monoisotopic (exact) mass is 341 g/mol. The lowest BCUT2D eigenvalue weighted by Crippen LogP contribution is -2.35. The van der Waals surface area contributed by atoms with E-state index in [9.17, 15) is 9.59 Å². The predicted molar refractivity (Wildman–Crippen MR) is 93.9 cm³/mol. The molecular formula is C18H19N3O4. The average Bonchev–Trinajstić information content (AvgIpc) is 2.63. The Balaban J connectivity index is 1.59. The molecular weight excluding hydrogens is 322 g/mol. The van der Waals surface area contributed by atoms with Crippen LogP contribution in [-0.4, -0.2) is 25.8 Å². The van der Waals surface area contributed by atoms with E-state index in [1.165, 1.54) is 7.11 Å². The lowest BCUT2D eigenvalue weighted by atomic mass is 10.0. The summed E-state index contributed by atoms with van der Waals surface area (Å²) in [5, 5.41) is 8.28. The van der Waals surface area contributed by atoms with Gasteiger partial charge in [0.15, 0.2) is 0 Å². The van der Waals surface area contributed by atoms with Crippen molar-refractivity contribution in [3.63, 3.8) is 0 Å². The Morgan fingerprint density at radius 1 is 1.04 bits per heavy atom. The molecule has 1 atom stereocenters. The molecule has 0 aliphatic carbocycles. The highest BCUT2D eigenvalue weighted by Crippen LogP contribution is 2.31. The SMILES string of the molecule is COC(=O)Nc1ccc(NC(=O)N[C@@H]2CCOc3ccccc32)cc1. The van der Waals surface area contributed by atoms with Gasteiger partial charge >= 0.3 is 12.1 Å². The second kappa shape index (κ2) is 7.57. The van der Waals surface area contributed by atoms with Crippen molar-refractivity contribution in [3.8, 4) is 5.75 Å². The minimum absolute atomic E-state index is 0.0924. The molecule has 0 aromatic heterocycles. The molecule has 0 unspecified atom stereocenters. The number of fused-ring (bicyclic) bond motifs is 1. The topological polar surface area (TPSA) is 88.7 Å². The molecule has 1 aliphatic rings. The van der Waals surface area contributed by atoms with Gasteiger partial charge in [-0.05, 0) is 30.3 Å². The number of methoxy groups -OCH3 is 1. The molecule has 0 radical (unpaired) electrons. The molecule has 0 saturated heterocycles. The van der Waals surface area contributed by atoms with Gasteiger partial charge in [-0.3, -0.25) is 5.32 Å². The van der Waals surface area contributed by atoms with Crippen molar-refractivity contribution in [2.75, 3.05) is 24.4 Å². The number of carbonyl (C=O) groups excluding carboxylic acids is 2. The number of amides is 3. The Morgan fingerprint density at radius 2 is 1.72 bits per heavy atom. The number of benzene rings is 2. The van der Waals surface area contributed by atoms with Gasteiger partial charge < -0.3 is 20.1 Å². The third-order valence-electron chi connectivity index (χ3n) is 3.84. The second-order valence-corrected chi connectivity index (χ2v) is 5.52. The highest BCUT2D eigenvalue weighted by molar-refractivity contribution is 5.90. The average molecular weight is 341 g/mol. The summed E-state index contributed by atoms with van der Waals surface area (Å²) in [7, 11) is 1.30. The summed E-state index contributed by atoms with van der Waals surface area (Å²) >= 11 is 0. The molecule has 1 heterocycles. The van der Waals surface area contributed by atoms with Gasteiger partial charge in [-0.2, -0.15) is 0 Å². The van der Waals surface area contributed by atoms with Gasteiger partial charge in [-0.15, -0.1) is 0 Å². The normalized spacial score (nSPS) is 15.3. The van der Waals surface area contributed by atoms with Crippen molar-refractivity contribution in [1.29, 1.82) is 0 Å². The van der Waals surface area contributed by atoms with Crippen LogP contribution in [0.4, 0.5) is 21.0 Å². The Bertz CT molecular complexity index is 761. The number of para-hydroxylation sites is 1. The van der Waals surface area contributed by atoms with E-state index in [1.54, 1.807) is 24.3 Å². The van der Waals surface area contributed by atoms with Gasteiger partial charge in [0.25, 0.3) is 0 Å². The number of nitrogens with one attached hydrogen (secondary N) is 3. The van der Waals surface area contributed by atoms with E-state index in [1.807, 2.05) is 24.3 Å². The van der Waals surface area contributed by atoms with Crippen LogP contribution in [0, 0.1) is 0 Å². The first-order valence-electron chi connectivity index (χ1n) is 7.90. The number of rotatable bonds is 3. The Morgan fingerprint density at radius 3 is 2.44 bits per heavy atom. The van der Waals surface area contributed by atoms with E-state index >= 15 is 0 Å². The highest BCUT2D eigenvalue weighted by atomic mass is 16.5. The molecule has 3 rings (SSSR count). The molecule has 2 aromatic rings. The fraction of sp³-hybridized carbons (Fsp3) is 0.222. The first-order chi connectivity index (χ1) is 12.2. The molecule has 3 N–H and O–H groups in total. The molecule has 1 aliphatic heterocycles. The van der Waals surface area contributed by atoms with Crippen LogP contribution in [0.25, 0.3) is 0 Å². The first-order valence-corrected chi connectivity index (χ1v) is 7.90. The Hall–Kier alpha value is -3.22. The van der Waals surface area contributed by atoms with Crippen LogP contribution in [0.3, 0.4) is 0 Å². The summed E-state index contributed by atoms with van der Waals surface area (Å²) in [6, 6.07) is 14.0.